The zero-order chi connectivity index (χ0) is 10.0. The van der Waals surface area contributed by atoms with Crippen LogP contribution in [0.3, 0.4) is 0 Å². The molecule has 0 aromatic heterocycles. The largest absolute Gasteiger partial charge is 0.350 e. The highest BCUT2D eigenvalue weighted by Gasteiger charge is 2.55. The summed E-state index contributed by atoms with van der Waals surface area (Å²) in [6.07, 6.45) is 1.55. The normalized spacial score (nSPS) is 29.6. The molecular formula is C12H13NO. The summed E-state index contributed by atoms with van der Waals surface area (Å²) >= 11 is 0. The molecule has 1 aliphatic rings. The van der Waals surface area contributed by atoms with Crippen LogP contribution in [0.4, 0.5) is 0 Å². The predicted molar refractivity (Wildman–Crippen MR) is 53.7 cm³/mol. The first kappa shape index (κ1) is 9.23. The number of hydrogen-bond donors (Lipinski definition) is 0. The molecule has 2 atom stereocenters. The molecule has 0 bridgehead atoms. The quantitative estimate of drug-likeness (QED) is 0.681. The maximum absolute atomic E-state index is 8.78. The van der Waals surface area contributed by atoms with E-state index in [1.165, 1.54) is 5.56 Å². The summed E-state index contributed by atoms with van der Waals surface area (Å²) < 4.78 is 5.45. The summed E-state index contributed by atoms with van der Waals surface area (Å²) in [5, 5.41) is 8.78. The van der Waals surface area contributed by atoms with Crippen molar-refractivity contribution in [2.24, 2.45) is 0 Å². The van der Waals surface area contributed by atoms with Crippen LogP contribution in [0.2, 0.25) is 0 Å². The lowest BCUT2D eigenvalue weighted by atomic mass is 9.94. The second-order valence-corrected chi connectivity index (χ2v) is 3.71. The molecule has 14 heavy (non-hydrogen) atoms. The Morgan fingerprint density at radius 1 is 1.43 bits per heavy atom. The van der Waals surface area contributed by atoms with Crippen LogP contribution in [0, 0.1) is 11.3 Å². The van der Waals surface area contributed by atoms with Crippen molar-refractivity contribution >= 4 is 0 Å². The minimum absolute atomic E-state index is 0.198. The predicted octanol–water partition coefficient (Wildman–Crippen LogP) is 2.30. The molecule has 0 N–H and O–H groups in total. The van der Waals surface area contributed by atoms with Crippen LogP contribution in [-0.4, -0.2) is 11.7 Å². The maximum Gasteiger partial charge on any atom is 0.174 e. The van der Waals surface area contributed by atoms with Gasteiger partial charge in [0.15, 0.2) is 6.10 Å². The van der Waals surface area contributed by atoms with Crippen LogP contribution in [0.25, 0.3) is 0 Å². The van der Waals surface area contributed by atoms with E-state index in [4.69, 9.17) is 10.00 Å². The fourth-order valence-electron chi connectivity index (χ4n) is 1.81. The standard InChI is InChI=1S/C12H13NO/c1-2-12(11(9-13)14-12)8-10-6-4-3-5-7-10/h3-7,11H,2,8H2,1H3. The topological polar surface area (TPSA) is 36.3 Å². The molecule has 1 aromatic rings. The van der Waals surface area contributed by atoms with Crippen LogP contribution in [0.5, 0.6) is 0 Å². The van der Waals surface area contributed by atoms with Gasteiger partial charge in [-0.15, -0.1) is 0 Å². The Hall–Kier alpha value is -1.33. The first-order valence-electron chi connectivity index (χ1n) is 4.92. The third-order valence-electron chi connectivity index (χ3n) is 2.84. The average Bonchev–Trinajstić information content (AvgIpc) is 2.94. The molecule has 2 rings (SSSR count). The lowest BCUT2D eigenvalue weighted by Crippen LogP contribution is -2.16. The van der Waals surface area contributed by atoms with Crippen LogP contribution < -0.4 is 0 Å². The van der Waals surface area contributed by atoms with Gasteiger partial charge in [0.25, 0.3) is 0 Å². The molecule has 1 aliphatic heterocycles. The zero-order valence-corrected chi connectivity index (χ0v) is 8.23. The molecule has 72 valence electrons. The molecule has 2 unspecified atom stereocenters. The fourth-order valence-corrected chi connectivity index (χ4v) is 1.81. The van der Waals surface area contributed by atoms with Crippen LogP contribution in [0.1, 0.15) is 18.9 Å². The van der Waals surface area contributed by atoms with Crippen molar-refractivity contribution in [2.75, 3.05) is 0 Å². The van der Waals surface area contributed by atoms with Gasteiger partial charge in [0.1, 0.15) is 5.60 Å². The van der Waals surface area contributed by atoms with E-state index < -0.39 is 0 Å². The minimum Gasteiger partial charge on any atom is -0.350 e. The van der Waals surface area contributed by atoms with Gasteiger partial charge in [-0.25, -0.2) is 0 Å². The second-order valence-electron chi connectivity index (χ2n) is 3.71. The van der Waals surface area contributed by atoms with E-state index in [1.807, 2.05) is 18.2 Å². The fraction of sp³-hybridized carbons (Fsp3) is 0.417. The third-order valence-corrected chi connectivity index (χ3v) is 2.84. The van der Waals surface area contributed by atoms with Gasteiger partial charge >= 0.3 is 0 Å². The minimum atomic E-state index is -0.201. The molecule has 2 heteroatoms. The highest BCUT2D eigenvalue weighted by molar-refractivity contribution is 5.24. The van der Waals surface area contributed by atoms with E-state index in [2.05, 4.69) is 25.1 Å². The summed E-state index contributed by atoms with van der Waals surface area (Å²) in [5.74, 6) is 0. The molecule has 0 radical (unpaired) electrons. The molecule has 2 nitrogen and oxygen atoms in total. The highest BCUT2D eigenvalue weighted by atomic mass is 16.6. The van der Waals surface area contributed by atoms with Crippen molar-refractivity contribution < 1.29 is 4.74 Å². The molecule has 0 spiro atoms. The lowest BCUT2D eigenvalue weighted by Gasteiger charge is -2.08. The molecule has 0 saturated carbocycles. The van der Waals surface area contributed by atoms with Crippen LogP contribution in [0.15, 0.2) is 30.3 Å². The Balaban J connectivity index is 2.09. The monoisotopic (exact) mass is 187 g/mol. The number of epoxide rings is 1. The Kier molecular flexibility index (Phi) is 2.26. The van der Waals surface area contributed by atoms with Gasteiger partial charge in [0, 0.05) is 6.42 Å². The average molecular weight is 187 g/mol. The first-order chi connectivity index (χ1) is 6.80. The van der Waals surface area contributed by atoms with Gasteiger partial charge in [-0.3, -0.25) is 0 Å². The summed E-state index contributed by atoms with van der Waals surface area (Å²) in [4.78, 5) is 0. The summed E-state index contributed by atoms with van der Waals surface area (Å²) in [6.45, 7) is 2.07. The Morgan fingerprint density at radius 2 is 2.14 bits per heavy atom. The second kappa shape index (κ2) is 3.43. The smallest absolute Gasteiger partial charge is 0.174 e. The van der Waals surface area contributed by atoms with Crippen molar-refractivity contribution in [3.8, 4) is 6.07 Å². The van der Waals surface area contributed by atoms with Crippen molar-refractivity contribution in [2.45, 2.75) is 31.5 Å². The molecule has 1 aromatic carbocycles. The number of rotatable bonds is 3. The van der Waals surface area contributed by atoms with Crippen molar-refractivity contribution in [3.63, 3.8) is 0 Å². The highest BCUT2D eigenvalue weighted by Crippen LogP contribution is 2.41. The SMILES string of the molecule is CCC1(Cc2ccccc2)OC1C#N. The Labute approximate surface area is 84.1 Å². The third kappa shape index (κ3) is 1.51. The van der Waals surface area contributed by atoms with Gasteiger partial charge < -0.3 is 4.74 Å². The van der Waals surface area contributed by atoms with Crippen LogP contribution in [-0.2, 0) is 11.2 Å². The maximum atomic E-state index is 8.78. The van der Waals surface area contributed by atoms with E-state index in [9.17, 15) is 0 Å². The van der Waals surface area contributed by atoms with Gasteiger partial charge in [0.05, 0.1) is 6.07 Å². The molecule has 1 saturated heterocycles. The number of hydrogen-bond acceptors (Lipinski definition) is 2. The number of nitrogens with zero attached hydrogens (tertiary/aromatic N) is 1. The Morgan fingerprint density at radius 3 is 2.64 bits per heavy atom. The first-order valence-corrected chi connectivity index (χ1v) is 4.92. The zero-order valence-electron chi connectivity index (χ0n) is 8.23. The number of nitriles is 1. The number of ether oxygens (including phenoxy) is 1. The molecule has 1 heterocycles. The molecule has 1 fully saturated rings. The van der Waals surface area contributed by atoms with Crippen molar-refractivity contribution in [3.05, 3.63) is 35.9 Å². The van der Waals surface area contributed by atoms with Crippen molar-refractivity contribution in [1.82, 2.24) is 0 Å². The summed E-state index contributed by atoms with van der Waals surface area (Å²) in [5.41, 5.74) is 1.04. The summed E-state index contributed by atoms with van der Waals surface area (Å²) in [6, 6.07) is 12.4. The van der Waals surface area contributed by atoms with Crippen LogP contribution >= 0.6 is 0 Å². The molecule has 0 aliphatic carbocycles. The lowest BCUT2D eigenvalue weighted by molar-refractivity contribution is 0.290. The van der Waals surface area contributed by atoms with Gasteiger partial charge in [-0.1, -0.05) is 37.3 Å². The van der Waals surface area contributed by atoms with E-state index in [0.717, 1.165) is 12.8 Å². The summed E-state index contributed by atoms with van der Waals surface area (Å²) in [7, 11) is 0. The van der Waals surface area contributed by atoms with Gasteiger partial charge in [-0.05, 0) is 12.0 Å². The van der Waals surface area contributed by atoms with E-state index in [0.29, 0.717) is 0 Å². The van der Waals surface area contributed by atoms with Gasteiger partial charge in [0.2, 0.25) is 0 Å². The van der Waals surface area contributed by atoms with E-state index >= 15 is 0 Å². The van der Waals surface area contributed by atoms with Crippen molar-refractivity contribution in [1.29, 1.82) is 5.26 Å². The number of benzene rings is 1. The molecular weight excluding hydrogens is 174 g/mol. The van der Waals surface area contributed by atoms with E-state index in [1.54, 1.807) is 0 Å². The van der Waals surface area contributed by atoms with E-state index in [-0.39, 0.29) is 11.7 Å². The van der Waals surface area contributed by atoms with Gasteiger partial charge in [-0.2, -0.15) is 5.26 Å². The molecule has 0 amide bonds. The Bertz CT molecular complexity index is 354.